The quantitative estimate of drug-likeness (QED) is 0.174. The van der Waals surface area contributed by atoms with Gasteiger partial charge in [-0.25, -0.2) is 0 Å². The predicted molar refractivity (Wildman–Crippen MR) is 247 cm³/mol. The maximum atomic E-state index is 2.54. The Morgan fingerprint density at radius 2 is 0.966 bits per heavy atom. The molecule has 0 amide bonds. The number of para-hydroxylation sites is 3. The largest absolute Gasteiger partial charge is 0.333 e. The Hall–Kier alpha value is -7.14. The third-order valence-electron chi connectivity index (χ3n) is 12.6. The number of hydrogen-bond acceptors (Lipinski definition) is 2. The lowest BCUT2D eigenvalue weighted by atomic mass is 9.91. The molecule has 0 saturated heterocycles. The summed E-state index contributed by atoms with van der Waals surface area (Å²) in [5, 5.41) is 7.68. The number of nitrogens with zero attached hydrogens (tertiary/aromatic N) is 3. The Labute approximate surface area is 339 Å². The van der Waals surface area contributed by atoms with Gasteiger partial charge in [0.1, 0.15) is 0 Å². The SMILES string of the molecule is C1=CC2c3cc4c(cc3N(c3ccccc3)C2C=C1)c1cc2c(cc1n4-c1ccccc1)c1ccccc1n2-c1ccc(-c2ccc3c(c2)sc2ccccc23)cc1. The number of aromatic nitrogens is 2. The summed E-state index contributed by atoms with van der Waals surface area (Å²) >= 11 is 1.87. The Morgan fingerprint density at radius 1 is 0.379 bits per heavy atom. The standard InChI is InChI=1S/C54H35N3S/c1-3-13-36(14-4-1)55-47-20-10-7-17-39(47)43-30-51-45(32-49(43)55)46-33-50-44(31-52(46)57(51)37-15-5-2-6-16-37)40-18-8-11-21-48(40)56(50)38-26-23-34(24-27-38)35-25-28-42-41-19-9-12-22-53(41)58-54(42)29-35/h1-33,39,47H. The van der Waals surface area contributed by atoms with Crippen molar-refractivity contribution in [3.05, 3.63) is 206 Å². The highest BCUT2D eigenvalue weighted by Crippen LogP contribution is 2.51. The zero-order valence-corrected chi connectivity index (χ0v) is 32.3. The molecule has 3 nitrogen and oxygen atoms in total. The minimum atomic E-state index is 0.231. The van der Waals surface area contributed by atoms with Crippen molar-refractivity contribution in [2.24, 2.45) is 0 Å². The highest BCUT2D eigenvalue weighted by Gasteiger charge is 2.38. The van der Waals surface area contributed by atoms with Gasteiger partial charge in [0.25, 0.3) is 0 Å². The van der Waals surface area contributed by atoms with Crippen LogP contribution in [0, 0.1) is 0 Å². The third-order valence-corrected chi connectivity index (χ3v) is 13.7. The Bertz CT molecular complexity index is 3510. The van der Waals surface area contributed by atoms with Gasteiger partial charge in [-0.15, -0.1) is 11.3 Å². The topological polar surface area (TPSA) is 13.1 Å². The summed E-state index contributed by atoms with van der Waals surface area (Å²) < 4.78 is 7.61. The van der Waals surface area contributed by atoms with E-state index in [2.05, 4.69) is 214 Å². The molecule has 3 aromatic heterocycles. The van der Waals surface area contributed by atoms with E-state index in [1.54, 1.807) is 0 Å². The molecule has 0 bridgehead atoms. The summed E-state index contributed by atoms with van der Waals surface area (Å²) in [7, 11) is 0. The smallest absolute Gasteiger partial charge is 0.0629 e. The highest BCUT2D eigenvalue weighted by atomic mass is 32.1. The average molecular weight is 758 g/mol. The van der Waals surface area contributed by atoms with E-state index < -0.39 is 0 Å². The van der Waals surface area contributed by atoms with Gasteiger partial charge in [-0.1, -0.05) is 121 Å². The Morgan fingerprint density at radius 3 is 1.78 bits per heavy atom. The molecule has 58 heavy (non-hydrogen) atoms. The average Bonchev–Trinajstić information content (AvgIpc) is 4.01. The fourth-order valence-electron chi connectivity index (χ4n) is 10.0. The lowest BCUT2D eigenvalue weighted by Crippen LogP contribution is -2.28. The molecular weight excluding hydrogens is 723 g/mol. The molecule has 11 aromatic rings. The van der Waals surface area contributed by atoms with Crippen LogP contribution in [0.3, 0.4) is 0 Å². The highest BCUT2D eigenvalue weighted by molar-refractivity contribution is 7.25. The fraction of sp³-hybridized carbons (Fsp3) is 0.0370. The molecule has 1 aliphatic carbocycles. The van der Waals surface area contributed by atoms with Gasteiger partial charge in [-0.3, -0.25) is 0 Å². The minimum absolute atomic E-state index is 0.231. The fourth-order valence-corrected chi connectivity index (χ4v) is 11.2. The van der Waals surface area contributed by atoms with Crippen molar-refractivity contribution in [1.29, 1.82) is 0 Å². The van der Waals surface area contributed by atoms with E-state index >= 15 is 0 Å². The summed E-state index contributed by atoms with van der Waals surface area (Å²) in [6.45, 7) is 0. The van der Waals surface area contributed by atoms with Crippen LogP contribution in [0.15, 0.2) is 200 Å². The number of fused-ring (bicyclic) bond motifs is 12. The van der Waals surface area contributed by atoms with Gasteiger partial charge < -0.3 is 14.0 Å². The summed E-state index contributed by atoms with van der Waals surface area (Å²) in [6, 6.07) is 65.5. The molecule has 8 aromatic carbocycles. The van der Waals surface area contributed by atoms with Crippen molar-refractivity contribution in [3.63, 3.8) is 0 Å². The molecular formula is C54H35N3S. The van der Waals surface area contributed by atoms with Crippen LogP contribution in [0.5, 0.6) is 0 Å². The molecule has 2 unspecified atom stereocenters. The van der Waals surface area contributed by atoms with Crippen LogP contribution in [0.1, 0.15) is 11.5 Å². The maximum absolute atomic E-state index is 2.54. The van der Waals surface area contributed by atoms with Crippen LogP contribution >= 0.6 is 11.3 Å². The zero-order valence-electron chi connectivity index (χ0n) is 31.5. The van der Waals surface area contributed by atoms with Crippen molar-refractivity contribution in [2.45, 2.75) is 12.0 Å². The number of hydrogen-bond donors (Lipinski definition) is 0. The number of allylic oxidation sites excluding steroid dienone is 2. The number of thiophene rings is 1. The molecule has 13 rings (SSSR count). The van der Waals surface area contributed by atoms with E-state index in [1.165, 1.54) is 97.5 Å². The first-order chi connectivity index (χ1) is 28.8. The second-order valence-corrected chi connectivity index (χ2v) is 16.8. The molecule has 0 fully saturated rings. The van der Waals surface area contributed by atoms with Gasteiger partial charge in [-0.05, 0) is 95.6 Å². The van der Waals surface area contributed by atoms with Gasteiger partial charge in [0.2, 0.25) is 0 Å². The first-order valence-electron chi connectivity index (χ1n) is 20.1. The van der Waals surface area contributed by atoms with Crippen molar-refractivity contribution in [2.75, 3.05) is 4.90 Å². The second-order valence-electron chi connectivity index (χ2n) is 15.7. The molecule has 1 aliphatic heterocycles. The molecule has 2 atom stereocenters. The molecule has 0 N–H and O–H groups in total. The molecule has 0 spiro atoms. The van der Waals surface area contributed by atoms with Gasteiger partial charge in [0, 0.05) is 70.4 Å². The van der Waals surface area contributed by atoms with E-state index in [1.807, 2.05) is 11.3 Å². The minimum Gasteiger partial charge on any atom is -0.333 e. The Balaban J connectivity index is 1.03. The molecule has 272 valence electrons. The summed E-state index contributed by atoms with van der Waals surface area (Å²) in [5.74, 6) is 0.272. The van der Waals surface area contributed by atoms with Crippen molar-refractivity contribution >= 4 is 86.5 Å². The monoisotopic (exact) mass is 757 g/mol. The zero-order chi connectivity index (χ0) is 37.9. The molecule has 4 heteroatoms. The predicted octanol–water partition coefficient (Wildman–Crippen LogP) is 14.6. The molecule has 2 aliphatic rings. The first-order valence-corrected chi connectivity index (χ1v) is 20.9. The number of benzene rings is 8. The first kappa shape index (κ1) is 32.0. The third kappa shape index (κ3) is 4.55. The molecule has 4 heterocycles. The van der Waals surface area contributed by atoms with Gasteiger partial charge in [0.05, 0.1) is 28.1 Å². The van der Waals surface area contributed by atoms with E-state index in [9.17, 15) is 0 Å². The summed E-state index contributed by atoms with van der Waals surface area (Å²) in [4.78, 5) is 2.54. The van der Waals surface area contributed by atoms with Gasteiger partial charge in [0.15, 0.2) is 0 Å². The van der Waals surface area contributed by atoms with Gasteiger partial charge in [-0.2, -0.15) is 0 Å². The van der Waals surface area contributed by atoms with Crippen molar-refractivity contribution in [3.8, 4) is 22.5 Å². The van der Waals surface area contributed by atoms with Crippen LogP contribution in [0.4, 0.5) is 11.4 Å². The number of anilines is 2. The van der Waals surface area contributed by atoms with E-state index in [0.29, 0.717) is 0 Å². The lowest BCUT2D eigenvalue weighted by Gasteiger charge is -2.28. The molecule has 0 saturated carbocycles. The van der Waals surface area contributed by atoms with Crippen LogP contribution in [0.2, 0.25) is 0 Å². The summed E-state index contributed by atoms with van der Waals surface area (Å²) in [6.07, 6.45) is 9.16. The summed E-state index contributed by atoms with van der Waals surface area (Å²) in [5.41, 5.74) is 13.5. The van der Waals surface area contributed by atoms with Crippen LogP contribution < -0.4 is 4.90 Å². The van der Waals surface area contributed by atoms with E-state index in [0.717, 1.165) is 5.69 Å². The Kier molecular flexibility index (Phi) is 6.72. The van der Waals surface area contributed by atoms with E-state index in [4.69, 9.17) is 0 Å². The van der Waals surface area contributed by atoms with Gasteiger partial charge >= 0.3 is 0 Å². The van der Waals surface area contributed by atoms with Crippen molar-refractivity contribution in [1.82, 2.24) is 9.13 Å². The maximum Gasteiger partial charge on any atom is 0.0629 e. The van der Waals surface area contributed by atoms with Crippen molar-refractivity contribution < 1.29 is 0 Å². The lowest BCUT2D eigenvalue weighted by molar-refractivity contribution is 0.745. The van der Waals surface area contributed by atoms with E-state index in [-0.39, 0.29) is 12.0 Å². The van der Waals surface area contributed by atoms with Crippen LogP contribution in [-0.2, 0) is 0 Å². The second kappa shape index (κ2) is 12.2. The van der Waals surface area contributed by atoms with Crippen LogP contribution in [-0.4, -0.2) is 15.2 Å². The molecule has 0 radical (unpaired) electrons. The van der Waals surface area contributed by atoms with Crippen LogP contribution in [0.25, 0.3) is 86.3 Å². The number of rotatable bonds is 4. The normalized spacial score (nSPS) is 16.1.